The van der Waals surface area contributed by atoms with E-state index in [9.17, 15) is 9.59 Å². The number of fused-ring (bicyclic) bond motifs is 1. The van der Waals surface area contributed by atoms with Crippen LogP contribution in [0.2, 0.25) is 0 Å². The second-order valence-electron chi connectivity index (χ2n) is 6.15. The number of allylic oxidation sites excluding steroid dienone is 1. The Kier molecular flexibility index (Phi) is 4.01. The molecule has 4 heteroatoms. The first-order valence-electron chi connectivity index (χ1n) is 7.93. The van der Waals surface area contributed by atoms with Gasteiger partial charge in [-0.2, -0.15) is 0 Å². The van der Waals surface area contributed by atoms with Gasteiger partial charge in [0, 0.05) is 50.1 Å². The van der Waals surface area contributed by atoms with Gasteiger partial charge >= 0.3 is 0 Å². The van der Waals surface area contributed by atoms with Crippen molar-refractivity contribution in [3.05, 3.63) is 41.1 Å². The lowest BCUT2D eigenvalue weighted by atomic mass is 9.87. The zero-order valence-corrected chi connectivity index (χ0v) is 13.3. The molecule has 0 unspecified atom stereocenters. The third-order valence-electron chi connectivity index (χ3n) is 4.63. The molecule has 0 aromatic heterocycles. The molecule has 4 nitrogen and oxygen atoms in total. The summed E-state index contributed by atoms with van der Waals surface area (Å²) in [6, 6.07) is 5.70. The van der Waals surface area contributed by atoms with Crippen LogP contribution in [0.1, 0.15) is 42.1 Å². The minimum absolute atomic E-state index is 0.00305. The quantitative estimate of drug-likeness (QED) is 0.788. The average molecular weight is 298 g/mol. The minimum Gasteiger partial charge on any atom is -0.377 e. The van der Waals surface area contributed by atoms with Crippen LogP contribution in [-0.2, 0) is 11.2 Å². The van der Waals surface area contributed by atoms with Crippen molar-refractivity contribution in [3.8, 4) is 0 Å². The fourth-order valence-electron chi connectivity index (χ4n) is 3.17. The van der Waals surface area contributed by atoms with Crippen molar-refractivity contribution in [2.24, 2.45) is 0 Å². The number of benzene rings is 1. The molecule has 0 spiro atoms. The molecule has 1 aliphatic heterocycles. The van der Waals surface area contributed by atoms with Gasteiger partial charge in [0.1, 0.15) is 0 Å². The first-order valence-corrected chi connectivity index (χ1v) is 7.93. The summed E-state index contributed by atoms with van der Waals surface area (Å²) in [6.45, 7) is 3.67. The molecule has 3 rings (SSSR count). The Balaban J connectivity index is 1.86. The fourth-order valence-corrected chi connectivity index (χ4v) is 3.17. The molecule has 22 heavy (non-hydrogen) atoms. The van der Waals surface area contributed by atoms with Crippen LogP contribution in [0, 0.1) is 0 Å². The van der Waals surface area contributed by atoms with Gasteiger partial charge in [0.05, 0.1) is 0 Å². The first kappa shape index (κ1) is 14.8. The lowest BCUT2D eigenvalue weighted by Gasteiger charge is -2.23. The molecule has 0 bridgehead atoms. The van der Waals surface area contributed by atoms with Gasteiger partial charge in [-0.1, -0.05) is 0 Å². The molecule has 1 fully saturated rings. The maximum absolute atomic E-state index is 12.6. The molecule has 1 aromatic rings. The van der Waals surface area contributed by atoms with Crippen molar-refractivity contribution >= 4 is 17.4 Å². The number of hydrogen-bond acceptors (Lipinski definition) is 3. The summed E-state index contributed by atoms with van der Waals surface area (Å²) < 4.78 is 0. The second-order valence-corrected chi connectivity index (χ2v) is 6.15. The minimum atomic E-state index is -0.00305. The number of carbonyl (C=O) groups is 2. The monoisotopic (exact) mass is 298 g/mol. The summed E-state index contributed by atoms with van der Waals surface area (Å²) in [6.07, 6.45) is 6.15. The van der Waals surface area contributed by atoms with Gasteiger partial charge in [-0.15, -0.1) is 0 Å². The SMILES string of the molecule is CC(=O)N(C)c1ccc2c(c1)CC/C(=C/N1CCCC1)C2=O. The largest absolute Gasteiger partial charge is 0.377 e. The highest BCUT2D eigenvalue weighted by Gasteiger charge is 2.24. The summed E-state index contributed by atoms with van der Waals surface area (Å²) in [5.41, 5.74) is 3.61. The number of ketones is 1. The lowest BCUT2D eigenvalue weighted by molar-refractivity contribution is -0.116. The summed E-state index contributed by atoms with van der Waals surface area (Å²) in [4.78, 5) is 28.0. The Labute approximate surface area is 131 Å². The third-order valence-corrected chi connectivity index (χ3v) is 4.63. The van der Waals surface area contributed by atoms with E-state index in [0.29, 0.717) is 0 Å². The molecule has 0 saturated carbocycles. The molecule has 0 atom stereocenters. The normalized spacial score (nSPS) is 19.5. The topological polar surface area (TPSA) is 40.6 Å². The van der Waals surface area contributed by atoms with Gasteiger partial charge in [0.25, 0.3) is 0 Å². The number of nitrogens with zero attached hydrogens (tertiary/aromatic N) is 2. The Morgan fingerprint density at radius 3 is 2.64 bits per heavy atom. The number of Topliss-reactive ketones (excluding diaryl/α,β-unsaturated/α-hetero) is 1. The van der Waals surface area contributed by atoms with E-state index in [4.69, 9.17) is 0 Å². The molecule has 1 saturated heterocycles. The number of amides is 1. The molecule has 1 aromatic carbocycles. The Morgan fingerprint density at radius 2 is 1.95 bits per heavy atom. The van der Waals surface area contributed by atoms with E-state index >= 15 is 0 Å². The van der Waals surface area contributed by atoms with E-state index in [-0.39, 0.29) is 11.7 Å². The summed E-state index contributed by atoms with van der Waals surface area (Å²) in [5, 5.41) is 0. The van der Waals surface area contributed by atoms with Gasteiger partial charge in [-0.05, 0) is 49.4 Å². The van der Waals surface area contributed by atoms with Gasteiger partial charge in [0.15, 0.2) is 5.78 Å². The molecule has 1 amide bonds. The van der Waals surface area contributed by atoms with Crippen molar-refractivity contribution in [3.63, 3.8) is 0 Å². The van der Waals surface area contributed by atoms with Gasteiger partial charge in [0.2, 0.25) is 5.91 Å². The van der Waals surface area contributed by atoms with E-state index in [1.165, 1.54) is 12.8 Å². The molecular formula is C18H22N2O2. The summed E-state index contributed by atoms with van der Waals surface area (Å²) >= 11 is 0. The van der Waals surface area contributed by atoms with E-state index in [1.807, 2.05) is 18.2 Å². The predicted octanol–water partition coefficient (Wildman–Crippen LogP) is 2.78. The summed E-state index contributed by atoms with van der Waals surface area (Å²) in [7, 11) is 1.76. The fraction of sp³-hybridized carbons (Fsp3) is 0.444. The number of hydrogen-bond donors (Lipinski definition) is 0. The molecule has 1 heterocycles. The van der Waals surface area contributed by atoms with Gasteiger partial charge < -0.3 is 9.80 Å². The number of aryl methyl sites for hydroxylation is 1. The van der Waals surface area contributed by atoms with Crippen molar-refractivity contribution in [2.75, 3.05) is 25.0 Å². The highest BCUT2D eigenvalue weighted by Crippen LogP contribution is 2.29. The number of rotatable bonds is 2. The van der Waals surface area contributed by atoms with E-state index in [0.717, 1.165) is 48.3 Å². The Bertz CT molecular complexity index is 642. The van der Waals surface area contributed by atoms with Crippen LogP contribution in [0.4, 0.5) is 5.69 Å². The first-order chi connectivity index (χ1) is 10.6. The summed E-state index contributed by atoms with van der Waals surface area (Å²) in [5.74, 6) is 0.141. The zero-order chi connectivity index (χ0) is 15.7. The highest BCUT2D eigenvalue weighted by atomic mass is 16.2. The van der Waals surface area contributed by atoms with Crippen LogP contribution in [-0.4, -0.2) is 36.7 Å². The molecule has 116 valence electrons. The van der Waals surface area contributed by atoms with Crippen LogP contribution < -0.4 is 4.90 Å². The van der Waals surface area contributed by atoms with E-state index < -0.39 is 0 Å². The second kappa shape index (κ2) is 5.95. The van der Waals surface area contributed by atoms with E-state index in [2.05, 4.69) is 11.1 Å². The van der Waals surface area contributed by atoms with Crippen molar-refractivity contribution < 1.29 is 9.59 Å². The number of likely N-dealkylation sites (tertiary alicyclic amines) is 1. The lowest BCUT2D eigenvalue weighted by Crippen LogP contribution is -2.24. The molecular weight excluding hydrogens is 276 g/mol. The van der Waals surface area contributed by atoms with Gasteiger partial charge in [-0.25, -0.2) is 0 Å². The highest BCUT2D eigenvalue weighted by molar-refractivity contribution is 6.11. The zero-order valence-electron chi connectivity index (χ0n) is 13.3. The number of carbonyl (C=O) groups excluding carboxylic acids is 2. The predicted molar refractivity (Wildman–Crippen MR) is 87.1 cm³/mol. The smallest absolute Gasteiger partial charge is 0.223 e. The van der Waals surface area contributed by atoms with Crippen LogP contribution in [0.3, 0.4) is 0 Å². The maximum atomic E-state index is 12.6. The van der Waals surface area contributed by atoms with Crippen molar-refractivity contribution in [1.29, 1.82) is 0 Å². The van der Waals surface area contributed by atoms with Crippen LogP contribution >= 0.6 is 0 Å². The van der Waals surface area contributed by atoms with Crippen LogP contribution in [0.5, 0.6) is 0 Å². The third kappa shape index (κ3) is 2.78. The van der Waals surface area contributed by atoms with Crippen LogP contribution in [0.25, 0.3) is 0 Å². The molecule has 1 aliphatic carbocycles. The average Bonchev–Trinajstić information content (AvgIpc) is 3.02. The van der Waals surface area contributed by atoms with Crippen molar-refractivity contribution in [2.45, 2.75) is 32.6 Å². The molecule has 0 N–H and O–H groups in total. The van der Waals surface area contributed by atoms with E-state index in [1.54, 1.807) is 18.9 Å². The standard InChI is InChI=1S/C18H22N2O2/c1-13(21)19(2)16-7-8-17-14(11-16)5-6-15(18(17)22)12-20-9-3-4-10-20/h7-8,11-12H,3-6,9-10H2,1-2H3/b15-12-. The Hall–Kier alpha value is -2.10. The molecule has 2 aliphatic rings. The Morgan fingerprint density at radius 1 is 1.23 bits per heavy atom. The van der Waals surface area contributed by atoms with Crippen LogP contribution in [0.15, 0.2) is 30.0 Å². The van der Waals surface area contributed by atoms with Gasteiger partial charge in [-0.3, -0.25) is 9.59 Å². The number of anilines is 1. The maximum Gasteiger partial charge on any atom is 0.223 e. The molecule has 0 radical (unpaired) electrons. The van der Waals surface area contributed by atoms with Crippen molar-refractivity contribution in [1.82, 2.24) is 4.90 Å².